The molecule has 0 fully saturated rings. The van der Waals surface area contributed by atoms with E-state index in [2.05, 4.69) is 43.5 Å². The lowest BCUT2D eigenvalue weighted by Gasteiger charge is -2.14. The van der Waals surface area contributed by atoms with Gasteiger partial charge in [0.15, 0.2) is 0 Å². The average Bonchev–Trinajstić information content (AvgIpc) is 2.80. The lowest BCUT2D eigenvalue weighted by atomic mass is 10.3. The van der Waals surface area contributed by atoms with Gasteiger partial charge in [-0.1, -0.05) is 11.6 Å². The van der Waals surface area contributed by atoms with Gasteiger partial charge in [0.2, 0.25) is 5.95 Å². The highest BCUT2D eigenvalue weighted by Crippen LogP contribution is 2.30. The molecular formula is C12H14BrClN4S. The van der Waals surface area contributed by atoms with E-state index in [-0.39, 0.29) is 6.04 Å². The second kappa shape index (κ2) is 6.54. The Morgan fingerprint density at radius 3 is 2.89 bits per heavy atom. The number of hydrogen-bond donors (Lipinski definition) is 2. The molecule has 0 bridgehead atoms. The topological polar surface area (TPSA) is 49.8 Å². The Morgan fingerprint density at radius 1 is 1.47 bits per heavy atom. The van der Waals surface area contributed by atoms with Crippen molar-refractivity contribution >= 4 is 50.6 Å². The molecule has 19 heavy (non-hydrogen) atoms. The Kier molecular flexibility index (Phi) is 5.01. The number of nitrogens with one attached hydrogen (secondary N) is 2. The Labute approximate surface area is 129 Å². The van der Waals surface area contributed by atoms with E-state index < -0.39 is 0 Å². The summed E-state index contributed by atoms with van der Waals surface area (Å²) < 4.78 is 1.63. The second-order valence-corrected chi connectivity index (χ2v) is 6.53. The Hall–Kier alpha value is -0.850. The van der Waals surface area contributed by atoms with Gasteiger partial charge < -0.3 is 10.6 Å². The molecule has 4 nitrogen and oxygen atoms in total. The van der Waals surface area contributed by atoms with Crippen molar-refractivity contribution in [2.24, 2.45) is 0 Å². The lowest BCUT2D eigenvalue weighted by Crippen LogP contribution is -2.09. The van der Waals surface area contributed by atoms with Crippen LogP contribution in [0.3, 0.4) is 0 Å². The fraction of sp³-hybridized carbons (Fsp3) is 0.333. The van der Waals surface area contributed by atoms with Crippen LogP contribution in [-0.2, 0) is 0 Å². The molecule has 1 atom stereocenters. The third kappa shape index (κ3) is 3.81. The summed E-state index contributed by atoms with van der Waals surface area (Å²) in [6.45, 7) is 4.87. The predicted molar refractivity (Wildman–Crippen MR) is 85.3 cm³/mol. The molecule has 2 N–H and O–H groups in total. The van der Waals surface area contributed by atoms with Crippen LogP contribution in [0.4, 0.5) is 11.8 Å². The van der Waals surface area contributed by atoms with E-state index >= 15 is 0 Å². The summed E-state index contributed by atoms with van der Waals surface area (Å²) in [5, 5.41) is 6.44. The minimum atomic E-state index is 0.137. The zero-order valence-corrected chi connectivity index (χ0v) is 13.7. The first-order valence-corrected chi connectivity index (χ1v) is 7.87. The number of thiophene rings is 1. The molecule has 0 aliphatic heterocycles. The van der Waals surface area contributed by atoms with Crippen LogP contribution in [0.25, 0.3) is 0 Å². The number of aromatic nitrogens is 2. The summed E-state index contributed by atoms with van der Waals surface area (Å²) in [7, 11) is 0. The molecule has 0 saturated carbocycles. The Bertz CT molecular complexity index is 560. The maximum absolute atomic E-state index is 5.95. The van der Waals surface area contributed by atoms with Crippen molar-refractivity contribution in [2.45, 2.75) is 19.9 Å². The lowest BCUT2D eigenvalue weighted by molar-refractivity contribution is 0.890. The highest BCUT2D eigenvalue weighted by molar-refractivity contribution is 9.10. The summed E-state index contributed by atoms with van der Waals surface area (Å²) in [6, 6.07) is 4.06. The fourth-order valence-corrected chi connectivity index (χ4v) is 2.92. The zero-order chi connectivity index (χ0) is 13.8. The predicted octanol–water partition coefficient (Wildman–Crippen LogP) is 4.56. The van der Waals surface area contributed by atoms with Gasteiger partial charge in [-0.25, -0.2) is 4.98 Å². The van der Waals surface area contributed by atoms with Crippen molar-refractivity contribution in [3.05, 3.63) is 32.0 Å². The Morgan fingerprint density at radius 2 is 2.26 bits per heavy atom. The fourth-order valence-electron chi connectivity index (χ4n) is 1.55. The summed E-state index contributed by atoms with van der Waals surface area (Å²) >= 11 is 11.0. The van der Waals surface area contributed by atoms with Crippen molar-refractivity contribution in [1.82, 2.24) is 9.97 Å². The molecule has 0 aromatic carbocycles. The van der Waals surface area contributed by atoms with E-state index in [1.54, 1.807) is 17.5 Å². The van der Waals surface area contributed by atoms with Crippen LogP contribution in [0, 0.1) is 0 Å². The van der Waals surface area contributed by atoms with Gasteiger partial charge in [0.05, 0.1) is 14.9 Å². The van der Waals surface area contributed by atoms with Gasteiger partial charge in [-0.15, -0.1) is 11.3 Å². The molecule has 0 amide bonds. The van der Waals surface area contributed by atoms with Gasteiger partial charge in [0.25, 0.3) is 0 Å². The first-order chi connectivity index (χ1) is 9.10. The summed E-state index contributed by atoms with van der Waals surface area (Å²) in [5.74, 6) is 1.38. The standard InChI is InChI=1S/C12H14BrClN4S/c1-3-15-12-16-6-8(13)11(18-12)17-7(2)9-4-5-10(14)19-9/h4-7H,3H2,1-2H3,(H2,15,16,17,18). The van der Waals surface area contributed by atoms with Crippen LogP contribution in [0.1, 0.15) is 24.8 Å². The van der Waals surface area contributed by atoms with Crippen molar-refractivity contribution in [2.75, 3.05) is 17.2 Å². The molecule has 0 radical (unpaired) electrons. The van der Waals surface area contributed by atoms with Gasteiger partial charge >= 0.3 is 0 Å². The highest BCUT2D eigenvalue weighted by Gasteiger charge is 2.11. The van der Waals surface area contributed by atoms with Crippen LogP contribution < -0.4 is 10.6 Å². The largest absolute Gasteiger partial charge is 0.362 e. The van der Waals surface area contributed by atoms with Crippen LogP contribution in [0.15, 0.2) is 22.8 Å². The first-order valence-electron chi connectivity index (χ1n) is 5.88. The molecule has 0 aliphatic carbocycles. The number of hydrogen-bond acceptors (Lipinski definition) is 5. The maximum atomic E-state index is 5.95. The number of anilines is 2. The minimum absolute atomic E-state index is 0.137. The number of nitrogens with zero attached hydrogens (tertiary/aromatic N) is 2. The van der Waals surface area contributed by atoms with E-state index in [4.69, 9.17) is 11.6 Å². The van der Waals surface area contributed by atoms with E-state index in [9.17, 15) is 0 Å². The number of halogens is 2. The summed E-state index contributed by atoms with van der Waals surface area (Å²) in [5.41, 5.74) is 0. The molecule has 0 saturated heterocycles. The SMILES string of the molecule is CCNc1ncc(Br)c(NC(C)c2ccc(Cl)s2)n1. The second-order valence-electron chi connectivity index (χ2n) is 3.93. The normalized spacial score (nSPS) is 12.2. The van der Waals surface area contributed by atoms with Crippen molar-refractivity contribution in [1.29, 1.82) is 0 Å². The highest BCUT2D eigenvalue weighted by atomic mass is 79.9. The van der Waals surface area contributed by atoms with Crippen LogP contribution >= 0.6 is 38.9 Å². The van der Waals surface area contributed by atoms with Crippen LogP contribution in [0.2, 0.25) is 4.34 Å². The van der Waals surface area contributed by atoms with Crippen molar-refractivity contribution in [3.8, 4) is 0 Å². The van der Waals surface area contributed by atoms with Crippen molar-refractivity contribution in [3.63, 3.8) is 0 Å². The minimum Gasteiger partial charge on any atom is -0.362 e. The monoisotopic (exact) mass is 360 g/mol. The van der Waals surface area contributed by atoms with Gasteiger partial charge in [-0.3, -0.25) is 0 Å². The quantitative estimate of drug-likeness (QED) is 0.819. The molecule has 0 aliphatic rings. The van der Waals surface area contributed by atoms with E-state index in [1.807, 2.05) is 19.1 Å². The average molecular weight is 362 g/mol. The molecule has 2 heterocycles. The summed E-state index contributed by atoms with van der Waals surface area (Å²) in [6.07, 6.45) is 1.74. The van der Waals surface area contributed by atoms with E-state index in [0.717, 1.165) is 21.2 Å². The van der Waals surface area contributed by atoms with Gasteiger partial charge in [0.1, 0.15) is 5.82 Å². The molecule has 0 spiro atoms. The smallest absolute Gasteiger partial charge is 0.224 e. The van der Waals surface area contributed by atoms with E-state index in [1.165, 1.54) is 4.88 Å². The molecule has 2 rings (SSSR count). The van der Waals surface area contributed by atoms with Crippen molar-refractivity contribution < 1.29 is 0 Å². The molecule has 102 valence electrons. The van der Waals surface area contributed by atoms with E-state index in [0.29, 0.717) is 5.95 Å². The zero-order valence-electron chi connectivity index (χ0n) is 10.6. The molecule has 2 aromatic heterocycles. The third-order valence-electron chi connectivity index (χ3n) is 2.45. The molecule has 7 heteroatoms. The van der Waals surface area contributed by atoms with Crippen LogP contribution in [-0.4, -0.2) is 16.5 Å². The van der Waals surface area contributed by atoms with Gasteiger partial charge in [0, 0.05) is 17.6 Å². The summed E-state index contributed by atoms with van der Waals surface area (Å²) in [4.78, 5) is 9.78. The van der Waals surface area contributed by atoms with Crippen LogP contribution in [0.5, 0.6) is 0 Å². The molecule has 2 aromatic rings. The maximum Gasteiger partial charge on any atom is 0.224 e. The van der Waals surface area contributed by atoms with Gasteiger partial charge in [-0.05, 0) is 41.9 Å². The molecular weight excluding hydrogens is 348 g/mol. The van der Waals surface area contributed by atoms with Gasteiger partial charge in [-0.2, -0.15) is 4.98 Å². The third-order valence-corrected chi connectivity index (χ3v) is 4.45. The number of rotatable bonds is 5. The Balaban J connectivity index is 2.15. The first kappa shape index (κ1) is 14.6. The molecule has 1 unspecified atom stereocenters.